The summed E-state index contributed by atoms with van der Waals surface area (Å²) in [5.41, 5.74) is 2.81. The molecule has 1 aromatic rings. The molecule has 0 aliphatic carbocycles. The van der Waals surface area contributed by atoms with Crippen molar-refractivity contribution in [1.82, 2.24) is 10.2 Å². The number of nitrogens with zero attached hydrogens (tertiary/aromatic N) is 2. The predicted molar refractivity (Wildman–Crippen MR) is 77.9 cm³/mol. The summed E-state index contributed by atoms with van der Waals surface area (Å²) in [5.74, 6) is -0.366. The van der Waals surface area contributed by atoms with E-state index in [9.17, 15) is 4.79 Å². The molecule has 0 radical (unpaired) electrons. The smallest absolute Gasteiger partial charge is 0.266 e. The van der Waals surface area contributed by atoms with E-state index in [2.05, 4.69) is 39.6 Å². The Kier molecular flexibility index (Phi) is 5.12. The van der Waals surface area contributed by atoms with Gasteiger partial charge in [-0.2, -0.15) is 0 Å². The average Bonchev–Trinajstić information content (AvgIpc) is 2.60. The Labute approximate surface area is 119 Å². The number of carbonyl (C=O) groups is 1. The van der Waals surface area contributed by atoms with E-state index in [1.165, 1.54) is 11.1 Å². The molecular weight excluding hydrogens is 254 g/mol. The van der Waals surface area contributed by atoms with Crippen LogP contribution in [0.2, 0.25) is 0 Å². The fraction of sp³-hybridized carbons (Fsp3) is 0.467. The number of oxime groups is 1. The molecule has 0 fully saturated rings. The molecule has 2 N–H and O–H groups in total. The number of fused-ring (bicyclic) bond motifs is 1. The molecule has 0 aromatic heterocycles. The molecule has 1 aliphatic heterocycles. The average molecular weight is 275 g/mol. The van der Waals surface area contributed by atoms with Crippen molar-refractivity contribution < 1.29 is 10.0 Å². The van der Waals surface area contributed by atoms with E-state index in [1.807, 2.05) is 6.92 Å². The first-order chi connectivity index (χ1) is 9.69. The molecule has 1 amide bonds. The monoisotopic (exact) mass is 275 g/mol. The van der Waals surface area contributed by atoms with Gasteiger partial charge in [0.1, 0.15) is 6.21 Å². The number of hydrogen-bond acceptors (Lipinski definition) is 4. The van der Waals surface area contributed by atoms with Gasteiger partial charge in [-0.25, -0.2) is 0 Å². The molecule has 0 unspecified atom stereocenters. The lowest BCUT2D eigenvalue weighted by molar-refractivity contribution is -0.115. The summed E-state index contributed by atoms with van der Waals surface area (Å²) >= 11 is 0. The normalized spacial score (nSPS) is 17.4. The summed E-state index contributed by atoms with van der Waals surface area (Å²) in [6, 6.07) is 8.55. The number of amides is 1. The molecule has 1 aromatic carbocycles. The van der Waals surface area contributed by atoms with Gasteiger partial charge in [-0.15, -0.1) is 0 Å². The van der Waals surface area contributed by atoms with Crippen molar-refractivity contribution in [2.75, 3.05) is 13.1 Å². The maximum atomic E-state index is 11.3. The van der Waals surface area contributed by atoms with Crippen LogP contribution in [0, 0.1) is 0 Å². The van der Waals surface area contributed by atoms with Crippen molar-refractivity contribution in [2.45, 2.75) is 32.4 Å². The van der Waals surface area contributed by atoms with Gasteiger partial charge < -0.3 is 10.5 Å². The second kappa shape index (κ2) is 7.05. The first-order valence-electron chi connectivity index (χ1n) is 6.96. The van der Waals surface area contributed by atoms with Crippen LogP contribution < -0.4 is 5.32 Å². The number of rotatable bonds is 4. The van der Waals surface area contributed by atoms with Crippen LogP contribution in [-0.2, 0) is 17.8 Å². The third-order valence-corrected chi connectivity index (χ3v) is 3.53. The molecule has 2 rings (SSSR count). The molecule has 0 saturated heterocycles. The van der Waals surface area contributed by atoms with Crippen molar-refractivity contribution in [2.24, 2.45) is 5.16 Å². The second-order valence-electron chi connectivity index (χ2n) is 5.26. The van der Waals surface area contributed by atoms with Crippen molar-refractivity contribution in [3.8, 4) is 0 Å². The van der Waals surface area contributed by atoms with Crippen LogP contribution in [0.3, 0.4) is 0 Å². The lowest BCUT2D eigenvalue weighted by atomic mass is 10.0. The van der Waals surface area contributed by atoms with Gasteiger partial charge in [0.2, 0.25) is 0 Å². The standard InChI is InChI=1S/C15H21N3O2/c1-12(17-15(19)9-16-20)10-18-8-4-7-13-5-2-3-6-14(13)11-18/h2-3,5-6,9,12,20H,4,7-8,10-11H2,1H3,(H,17,19)/t12-/m0/s1. The van der Waals surface area contributed by atoms with Crippen LogP contribution in [0.5, 0.6) is 0 Å². The van der Waals surface area contributed by atoms with Gasteiger partial charge >= 0.3 is 0 Å². The van der Waals surface area contributed by atoms with Gasteiger partial charge in [-0.3, -0.25) is 9.69 Å². The van der Waals surface area contributed by atoms with Crippen LogP contribution in [0.1, 0.15) is 24.5 Å². The van der Waals surface area contributed by atoms with Gasteiger partial charge in [0.15, 0.2) is 0 Å². The molecular formula is C15H21N3O2. The molecule has 5 heteroatoms. The Hall–Kier alpha value is -1.88. The number of benzene rings is 1. The summed E-state index contributed by atoms with van der Waals surface area (Å²) in [7, 11) is 0. The van der Waals surface area contributed by atoms with Crippen molar-refractivity contribution in [3.63, 3.8) is 0 Å². The Bertz CT molecular complexity index is 488. The Morgan fingerprint density at radius 3 is 3.00 bits per heavy atom. The minimum atomic E-state index is -0.366. The van der Waals surface area contributed by atoms with E-state index in [0.717, 1.165) is 38.7 Å². The van der Waals surface area contributed by atoms with Crippen molar-refractivity contribution in [1.29, 1.82) is 0 Å². The Morgan fingerprint density at radius 1 is 1.50 bits per heavy atom. The van der Waals surface area contributed by atoms with Crippen LogP contribution in [0.4, 0.5) is 0 Å². The number of carbonyl (C=O) groups excluding carboxylic acids is 1. The fourth-order valence-electron chi connectivity index (χ4n) is 2.69. The SMILES string of the molecule is C[C@@H](CN1CCCc2ccccc2C1)NC(=O)C=NO. The maximum absolute atomic E-state index is 11.3. The predicted octanol–water partition coefficient (Wildman–Crippen LogP) is 1.40. The Balaban J connectivity index is 1.92. The third-order valence-electron chi connectivity index (χ3n) is 3.53. The lowest BCUT2D eigenvalue weighted by Crippen LogP contribution is -2.42. The molecule has 0 bridgehead atoms. The molecule has 108 valence electrons. The molecule has 1 aliphatic rings. The molecule has 0 saturated carbocycles. The van der Waals surface area contributed by atoms with E-state index in [1.54, 1.807) is 0 Å². The molecule has 0 spiro atoms. The lowest BCUT2D eigenvalue weighted by Gasteiger charge is -2.24. The van der Waals surface area contributed by atoms with Gasteiger partial charge in [-0.1, -0.05) is 29.4 Å². The van der Waals surface area contributed by atoms with Crippen LogP contribution in [-0.4, -0.2) is 41.4 Å². The van der Waals surface area contributed by atoms with E-state index in [0.29, 0.717) is 0 Å². The minimum Gasteiger partial charge on any atom is -0.411 e. The zero-order valence-corrected chi connectivity index (χ0v) is 11.7. The molecule has 1 atom stereocenters. The largest absolute Gasteiger partial charge is 0.411 e. The third kappa shape index (κ3) is 4.06. The zero-order valence-electron chi connectivity index (χ0n) is 11.7. The van der Waals surface area contributed by atoms with E-state index >= 15 is 0 Å². The highest BCUT2D eigenvalue weighted by atomic mass is 16.4. The highest BCUT2D eigenvalue weighted by molar-refractivity contribution is 6.26. The Morgan fingerprint density at radius 2 is 2.25 bits per heavy atom. The van der Waals surface area contributed by atoms with Crippen molar-refractivity contribution >= 4 is 12.1 Å². The molecule has 20 heavy (non-hydrogen) atoms. The number of nitrogens with one attached hydrogen (secondary N) is 1. The van der Waals surface area contributed by atoms with Crippen LogP contribution >= 0.6 is 0 Å². The summed E-state index contributed by atoms with van der Waals surface area (Å²) in [5, 5.41) is 13.8. The van der Waals surface area contributed by atoms with E-state index in [4.69, 9.17) is 5.21 Å². The maximum Gasteiger partial charge on any atom is 0.266 e. The first kappa shape index (κ1) is 14.5. The van der Waals surface area contributed by atoms with Gasteiger partial charge in [-0.05, 0) is 37.4 Å². The van der Waals surface area contributed by atoms with Crippen molar-refractivity contribution in [3.05, 3.63) is 35.4 Å². The van der Waals surface area contributed by atoms with Crippen LogP contribution in [0.25, 0.3) is 0 Å². The topological polar surface area (TPSA) is 64.9 Å². The summed E-state index contributed by atoms with van der Waals surface area (Å²) < 4.78 is 0. The highest BCUT2D eigenvalue weighted by Crippen LogP contribution is 2.18. The summed E-state index contributed by atoms with van der Waals surface area (Å²) in [4.78, 5) is 13.7. The minimum absolute atomic E-state index is 0.0192. The van der Waals surface area contributed by atoms with Gasteiger partial charge in [0.25, 0.3) is 5.91 Å². The van der Waals surface area contributed by atoms with E-state index in [-0.39, 0.29) is 11.9 Å². The summed E-state index contributed by atoms with van der Waals surface area (Å²) in [6.45, 7) is 4.70. The molecule has 1 heterocycles. The second-order valence-corrected chi connectivity index (χ2v) is 5.26. The molecule has 5 nitrogen and oxygen atoms in total. The summed E-state index contributed by atoms with van der Waals surface area (Å²) in [6.07, 6.45) is 3.13. The fourth-order valence-corrected chi connectivity index (χ4v) is 2.69. The van der Waals surface area contributed by atoms with Gasteiger partial charge in [0, 0.05) is 19.1 Å². The zero-order chi connectivity index (χ0) is 14.4. The van der Waals surface area contributed by atoms with E-state index < -0.39 is 0 Å². The van der Waals surface area contributed by atoms with Gasteiger partial charge in [0.05, 0.1) is 0 Å². The number of hydrogen-bond donors (Lipinski definition) is 2. The number of aryl methyl sites for hydroxylation is 1. The first-order valence-corrected chi connectivity index (χ1v) is 6.96. The highest BCUT2D eigenvalue weighted by Gasteiger charge is 2.16. The van der Waals surface area contributed by atoms with Crippen LogP contribution in [0.15, 0.2) is 29.4 Å². The quantitative estimate of drug-likeness (QED) is 0.496.